The third-order valence-corrected chi connectivity index (χ3v) is 3.22. The fraction of sp³-hybridized carbons (Fsp3) is 0.286. The monoisotopic (exact) mass is 208 g/mol. The summed E-state index contributed by atoms with van der Waals surface area (Å²) in [6, 6.07) is 13.6. The zero-order chi connectivity index (χ0) is 11.7. The highest BCUT2D eigenvalue weighted by Crippen LogP contribution is 2.11. The highest BCUT2D eigenvalue weighted by Gasteiger charge is 2.06. The van der Waals surface area contributed by atoms with Gasteiger partial charge in [0.2, 0.25) is 0 Å². The molecule has 0 saturated carbocycles. The lowest BCUT2D eigenvalue weighted by atomic mass is 9.48. The van der Waals surface area contributed by atoms with E-state index in [-0.39, 0.29) is 0 Å². The molecule has 0 unspecified atom stereocenters. The number of rotatable bonds is 2. The summed E-state index contributed by atoms with van der Waals surface area (Å²) in [5.41, 5.74) is 2.84. The average molecular weight is 208 g/mol. The van der Waals surface area contributed by atoms with Crippen LogP contribution in [0.3, 0.4) is 0 Å². The van der Waals surface area contributed by atoms with E-state index in [4.69, 9.17) is 0 Å². The van der Waals surface area contributed by atoms with Crippen LogP contribution in [0.25, 0.3) is 10.8 Å². The third kappa shape index (κ3) is 2.16. The molecular formula is C14H18B2. The van der Waals surface area contributed by atoms with Crippen molar-refractivity contribution in [2.45, 2.75) is 27.3 Å². The van der Waals surface area contributed by atoms with Crippen molar-refractivity contribution in [1.82, 2.24) is 0 Å². The Labute approximate surface area is 99.2 Å². The largest absolute Gasteiger partial charge is 0.169 e. The molecule has 16 heavy (non-hydrogen) atoms. The summed E-state index contributed by atoms with van der Waals surface area (Å²) in [7, 11) is 0. The van der Waals surface area contributed by atoms with Crippen molar-refractivity contribution in [3.05, 3.63) is 36.4 Å². The standard InChI is InChI=1S/C14H18B2/c1-15(2)13-7-5-12-10-14(16(3)4)8-6-11(12)9-13/h5-10H,1-4H3. The van der Waals surface area contributed by atoms with Crippen molar-refractivity contribution in [2.24, 2.45) is 0 Å². The molecule has 0 aliphatic heterocycles. The second-order valence-corrected chi connectivity index (χ2v) is 5.18. The smallest absolute Gasteiger partial charge is 0.0819 e. The summed E-state index contributed by atoms with van der Waals surface area (Å²) in [6.45, 7) is 10.2. The summed E-state index contributed by atoms with van der Waals surface area (Å²) in [5, 5.41) is 2.71. The van der Waals surface area contributed by atoms with Crippen molar-refractivity contribution in [3.8, 4) is 0 Å². The molecule has 0 nitrogen and oxygen atoms in total. The molecule has 0 aromatic heterocycles. The first-order chi connectivity index (χ1) is 7.58. The highest BCUT2D eigenvalue weighted by atomic mass is 14.0. The molecule has 0 saturated heterocycles. The Morgan fingerprint density at radius 1 is 0.625 bits per heavy atom. The second kappa shape index (κ2) is 4.37. The van der Waals surface area contributed by atoms with Crippen LogP contribution < -0.4 is 10.9 Å². The van der Waals surface area contributed by atoms with E-state index in [2.05, 4.69) is 63.7 Å². The van der Waals surface area contributed by atoms with E-state index in [0.717, 1.165) is 0 Å². The van der Waals surface area contributed by atoms with Crippen LogP contribution in [-0.4, -0.2) is 13.4 Å². The van der Waals surface area contributed by atoms with E-state index < -0.39 is 0 Å². The first-order valence-corrected chi connectivity index (χ1v) is 6.11. The first-order valence-electron chi connectivity index (χ1n) is 6.11. The Balaban J connectivity index is 2.53. The number of hydrogen-bond donors (Lipinski definition) is 0. The highest BCUT2D eigenvalue weighted by molar-refractivity contribution is 6.71. The summed E-state index contributed by atoms with van der Waals surface area (Å²) in [6.07, 6.45) is 0. The quantitative estimate of drug-likeness (QED) is 0.665. The van der Waals surface area contributed by atoms with Gasteiger partial charge in [-0.25, -0.2) is 0 Å². The van der Waals surface area contributed by atoms with Gasteiger partial charge in [-0.15, -0.1) is 0 Å². The van der Waals surface area contributed by atoms with Gasteiger partial charge in [0.05, 0.1) is 0 Å². The SMILES string of the molecule is CB(C)c1ccc2cc(B(C)C)ccc2c1. The Hall–Kier alpha value is -1.17. The Morgan fingerprint density at radius 3 is 1.31 bits per heavy atom. The lowest BCUT2D eigenvalue weighted by molar-refractivity contribution is 1.78. The van der Waals surface area contributed by atoms with Gasteiger partial charge in [-0.3, -0.25) is 0 Å². The summed E-state index contributed by atoms with van der Waals surface area (Å²) >= 11 is 0. The maximum absolute atomic E-state index is 2.31. The van der Waals surface area contributed by atoms with Gasteiger partial charge in [0.15, 0.2) is 13.4 Å². The van der Waals surface area contributed by atoms with Gasteiger partial charge in [-0.2, -0.15) is 0 Å². The Morgan fingerprint density at radius 2 is 1.00 bits per heavy atom. The van der Waals surface area contributed by atoms with Crippen molar-refractivity contribution >= 4 is 35.1 Å². The van der Waals surface area contributed by atoms with Crippen molar-refractivity contribution in [2.75, 3.05) is 0 Å². The normalized spacial score (nSPS) is 10.5. The third-order valence-electron chi connectivity index (χ3n) is 3.22. The van der Waals surface area contributed by atoms with Gasteiger partial charge in [0.1, 0.15) is 0 Å². The van der Waals surface area contributed by atoms with E-state index in [1.807, 2.05) is 0 Å². The van der Waals surface area contributed by atoms with Crippen molar-refractivity contribution in [3.63, 3.8) is 0 Å². The molecule has 0 aliphatic carbocycles. The topological polar surface area (TPSA) is 0 Å². The summed E-state index contributed by atoms with van der Waals surface area (Å²) in [4.78, 5) is 0. The number of benzene rings is 2. The summed E-state index contributed by atoms with van der Waals surface area (Å²) < 4.78 is 0. The molecule has 0 N–H and O–H groups in total. The van der Waals surface area contributed by atoms with Gasteiger partial charge < -0.3 is 0 Å². The molecule has 80 valence electrons. The molecule has 0 amide bonds. The van der Waals surface area contributed by atoms with Crippen LogP contribution in [-0.2, 0) is 0 Å². The maximum atomic E-state index is 2.31. The van der Waals surface area contributed by atoms with Crippen LogP contribution >= 0.6 is 0 Å². The number of hydrogen-bond acceptors (Lipinski definition) is 0. The number of fused-ring (bicyclic) bond motifs is 1. The van der Waals surface area contributed by atoms with Crippen molar-refractivity contribution < 1.29 is 0 Å². The van der Waals surface area contributed by atoms with Crippen molar-refractivity contribution in [1.29, 1.82) is 0 Å². The van der Waals surface area contributed by atoms with E-state index >= 15 is 0 Å². The van der Waals surface area contributed by atoms with E-state index in [9.17, 15) is 0 Å². The predicted octanol–water partition coefficient (Wildman–Crippen LogP) is 2.76. The minimum atomic E-state index is 0.606. The van der Waals surface area contributed by atoms with Crippen LogP contribution in [0.1, 0.15) is 0 Å². The zero-order valence-corrected chi connectivity index (χ0v) is 10.6. The Kier molecular flexibility index (Phi) is 3.09. The van der Waals surface area contributed by atoms with Crippen LogP contribution in [0, 0.1) is 0 Å². The van der Waals surface area contributed by atoms with E-state index in [1.54, 1.807) is 0 Å². The fourth-order valence-corrected chi connectivity index (χ4v) is 2.00. The molecule has 2 rings (SSSR count). The molecule has 0 aliphatic rings. The molecule has 0 atom stereocenters. The van der Waals surface area contributed by atoms with Gasteiger partial charge in [0.25, 0.3) is 0 Å². The van der Waals surface area contributed by atoms with Gasteiger partial charge >= 0.3 is 0 Å². The molecule has 0 bridgehead atoms. The van der Waals surface area contributed by atoms with Crippen LogP contribution in [0.15, 0.2) is 36.4 Å². The first kappa shape index (κ1) is 11.3. The van der Waals surface area contributed by atoms with Gasteiger partial charge in [-0.05, 0) is 10.8 Å². The van der Waals surface area contributed by atoms with Gasteiger partial charge in [-0.1, -0.05) is 74.6 Å². The fourth-order valence-electron chi connectivity index (χ4n) is 2.00. The molecule has 0 spiro atoms. The predicted molar refractivity (Wildman–Crippen MR) is 78.2 cm³/mol. The molecule has 0 radical (unpaired) electrons. The minimum Gasteiger partial charge on any atom is -0.0819 e. The lowest BCUT2D eigenvalue weighted by Crippen LogP contribution is -2.23. The second-order valence-electron chi connectivity index (χ2n) is 5.18. The van der Waals surface area contributed by atoms with Crippen LogP contribution in [0.4, 0.5) is 0 Å². The van der Waals surface area contributed by atoms with E-state index in [0.29, 0.717) is 13.4 Å². The molecule has 2 aromatic carbocycles. The lowest BCUT2D eigenvalue weighted by Gasteiger charge is -2.08. The minimum absolute atomic E-state index is 0.606. The molecule has 2 aromatic rings. The molecule has 0 fully saturated rings. The molecule has 2 heteroatoms. The van der Waals surface area contributed by atoms with E-state index in [1.165, 1.54) is 21.7 Å². The molecular weight excluding hydrogens is 190 g/mol. The van der Waals surface area contributed by atoms with Gasteiger partial charge in [0, 0.05) is 0 Å². The van der Waals surface area contributed by atoms with Crippen LogP contribution in [0.5, 0.6) is 0 Å². The van der Waals surface area contributed by atoms with Crippen LogP contribution in [0.2, 0.25) is 27.3 Å². The summed E-state index contributed by atoms with van der Waals surface area (Å²) in [5.74, 6) is 0. The zero-order valence-electron chi connectivity index (χ0n) is 10.6. The average Bonchev–Trinajstić information content (AvgIpc) is 2.27. The maximum Gasteiger partial charge on any atom is 0.169 e. The molecule has 0 heterocycles. The Bertz CT molecular complexity index is 454.